The van der Waals surface area contributed by atoms with Crippen LogP contribution in [0, 0.1) is 6.92 Å². The first-order chi connectivity index (χ1) is 8.11. The number of rotatable bonds is 2. The molecule has 0 aliphatic carbocycles. The molecule has 5 nitrogen and oxygen atoms in total. The Balaban J connectivity index is 2.58. The van der Waals surface area contributed by atoms with Gasteiger partial charge in [0, 0.05) is 6.42 Å². The molecule has 2 rings (SSSR count). The number of aromatic nitrogens is 1. The highest BCUT2D eigenvalue weighted by molar-refractivity contribution is 5.89. The van der Waals surface area contributed by atoms with Crippen LogP contribution >= 0.6 is 0 Å². The van der Waals surface area contributed by atoms with E-state index in [1.165, 1.54) is 0 Å². The third kappa shape index (κ3) is 2.18. The fraction of sp³-hybridized carbons (Fsp3) is 0.250. The van der Waals surface area contributed by atoms with Gasteiger partial charge < -0.3 is 4.42 Å². The number of carbonyl (C=O) groups excluding carboxylic acids is 1. The summed E-state index contributed by atoms with van der Waals surface area (Å²) in [4.78, 5) is 27.0. The van der Waals surface area contributed by atoms with Gasteiger partial charge in [-0.2, -0.15) is 4.98 Å². The minimum atomic E-state index is -0.495. The molecule has 0 atom stereocenters. The summed E-state index contributed by atoms with van der Waals surface area (Å²) in [6.45, 7) is 3.56. The quantitative estimate of drug-likeness (QED) is 0.857. The molecule has 17 heavy (non-hydrogen) atoms. The van der Waals surface area contributed by atoms with Crippen molar-refractivity contribution in [3.63, 3.8) is 0 Å². The molecule has 2 aromatic rings. The number of anilines is 1. The zero-order valence-electron chi connectivity index (χ0n) is 9.61. The van der Waals surface area contributed by atoms with Crippen LogP contribution in [0.1, 0.15) is 18.9 Å². The van der Waals surface area contributed by atoms with Gasteiger partial charge in [0.05, 0.1) is 10.9 Å². The number of fused-ring (bicyclic) bond motifs is 1. The molecule has 1 aromatic carbocycles. The zero-order valence-corrected chi connectivity index (χ0v) is 9.61. The fourth-order valence-electron chi connectivity index (χ4n) is 1.50. The second-order valence-corrected chi connectivity index (χ2v) is 3.68. The Morgan fingerprint density at radius 3 is 2.94 bits per heavy atom. The van der Waals surface area contributed by atoms with E-state index < -0.39 is 5.63 Å². The largest absolute Gasteiger partial charge is 0.388 e. The highest BCUT2D eigenvalue weighted by Crippen LogP contribution is 2.14. The van der Waals surface area contributed by atoms with E-state index in [2.05, 4.69) is 10.3 Å². The number of benzene rings is 1. The SMILES string of the molecule is CCC(=O)Nc1nc2c(C)cccc2c(=O)o1. The van der Waals surface area contributed by atoms with E-state index in [1.54, 1.807) is 19.1 Å². The van der Waals surface area contributed by atoms with E-state index in [9.17, 15) is 9.59 Å². The molecule has 0 aliphatic heterocycles. The summed E-state index contributed by atoms with van der Waals surface area (Å²) in [5, 5.41) is 2.85. The highest BCUT2D eigenvalue weighted by atomic mass is 16.4. The standard InChI is InChI=1S/C12H12N2O3/c1-3-9(15)13-12-14-10-7(2)5-4-6-8(10)11(16)17-12/h4-6H,3H2,1-2H3,(H,13,14,15). The van der Waals surface area contributed by atoms with Crippen LogP contribution in [-0.4, -0.2) is 10.9 Å². The average molecular weight is 232 g/mol. The number of para-hydroxylation sites is 1. The minimum Gasteiger partial charge on any atom is -0.388 e. The number of carbonyl (C=O) groups is 1. The van der Waals surface area contributed by atoms with Crippen molar-refractivity contribution in [2.75, 3.05) is 5.32 Å². The van der Waals surface area contributed by atoms with Gasteiger partial charge in [-0.15, -0.1) is 0 Å². The second kappa shape index (κ2) is 4.37. The van der Waals surface area contributed by atoms with Crippen LogP contribution in [0.2, 0.25) is 0 Å². The van der Waals surface area contributed by atoms with E-state index in [0.29, 0.717) is 17.3 Å². The summed E-state index contributed by atoms with van der Waals surface area (Å²) in [6.07, 6.45) is 0.303. The van der Waals surface area contributed by atoms with Crippen LogP contribution in [0.5, 0.6) is 0 Å². The van der Waals surface area contributed by atoms with Crippen LogP contribution in [-0.2, 0) is 4.79 Å². The van der Waals surface area contributed by atoms with Crippen molar-refractivity contribution in [1.82, 2.24) is 4.98 Å². The molecule has 1 aromatic heterocycles. The molecule has 0 aliphatic rings. The van der Waals surface area contributed by atoms with Crippen molar-refractivity contribution >= 4 is 22.8 Å². The Morgan fingerprint density at radius 1 is 1.47 bits per heavy atom. The maximum absolute atomic E-state index is 11.7. The molecular weight excluding hydrogens is 220 g/mol. The van der Waals surface area contributed by atoms with Crippen LogP contribution < -0.4 is 10.9 Å². The van der Waals surface area contributed by atoms with Crippen molar-refractivity contribution in [3.8, 4) is 0 Å². The van der Waals surface area contributed by atoms with Crippen molar-refractivity contribution in [2.45, 2.75) is 20.3 Å². The molecule has 0 spiro atoms. The van der Waals surface area contributed by atoms with Gasteiger partial charge in [0.1, 0.15) is 0 Å². The van der Waals surface area contributed by atoms with Crippen molar-refractivity contribution in [3.05, 3.63) is 34.2 Å². The Morgan fingerprint density at radius 2 is 2.24 bits per heavy atom. The Labute approximate surface area is 97.5 Å². The number of hydrogen-bond acceptors (Lipinski definition) is 4. The summed E-state index contributed by atoms with van der Waals surface area (Å²) >= 11 is 0. The number of hydrogen-bond donors (Lipinski definition) is 1. The summed E-state index contributed by atoms with van der Waals surface area (Å²) in [5.74, 6) is -0.242. The molecule has 0 saturated carbocycles. The lowest BCUT2D eigenvalue weighted by Crippen LogP contribution is -2.14. The smallest absolute Gasteiger partial charge is 0.348 e. The van der Waals surface area contributed by atoms with Gasteiger partial charge in [0.2, 0.25) is 5.91 Å². The molecular formula is C12H12N2O3. The third-order valence-corrected chi connectivity index (χ3v) is 2.43. The number of nitrogens with one attached hydrogen (secondary N) is 1. The van der Waals surface area contributed by atoms with Gasteiger partial charge in [0.25, 0.3) is 0 Å². The molecule has 5 heteroatoms. The van der Waals surface area contributed by atoms with Crippen molar-refractivity contribution in [1.29, 1.82) is 0 Å². The van der Waals surface area contributed by atoms with Crippen molar-refractivity contribution < 1.29 is 9.21 Å². The molecule has 1 N–H and O–H groups in total. The number of aryl methyl sites for hydroxylation is 1. The summed E-state index contributed by atoms with van der Waals surface area (Å²) in [7, 11) is 0. The zero-order chi connectivity index (χ0) is 12.4. The second-order valence-electron chi connectivity index (χ2n) is 3.68. The van der Waals surface area contributed by atoms with Crippen LogP contribution in [0.4, 0.5) is 6.01 Å². The highest BCUT2D eigenvalue weighted by Gasteiger charge is 2.09. The monoisotopic (exact) mass is 232 g/mol. The van der Waals surface area contributed by atoms with Crippen LogP contribution in [0.3, 0.4) is 0 Å². The van der Waals surface area contributed by atoms with E-state index in [0.717, 1.165) is 5.56 Å². The minimum absolute atomic E-state index is 0.0522. The summed E-state index contributed by atoms with van der Waals surface area (Å²) in [6, 6.07) is 5.21. The summed E-state index contributed by atoms with van der Waals surface area (Å²) < 4.78 is 4.92. The first-order valence-electron chi connectivity index (χ1n) is 5.32. The van der Waals surface area contributed by atoms with Gasteiger partial charge in [-0.25, -0.2) is 4.79 Å². The molecule has 0 fully saturated rings. The molecule has 0 bridgehead atoms. The van der Waals surface area contributed by atoms with E-state index >= 15 is 0 Å². The lowest BCUT2D eigenvalue weighted by molar-refractivity contribution is -0.116. The van der Waals surface area contributed by atoms with Gasteiger partial charge >= 0.3 is 11.6 Å². The average Bonchev–Trinajstić information content (AvgIpc) is 2.30. The Hall–Kier alpha value is -2.17. The predicted molar refractivity (Wildman–Crippen MR) is 63.9 cm³/mol. The maximum atomic E-state index is 11.7. The number of amides is 1. The topological polar surface area (TPSA) is 72.2 Å². The normalized spacial score (nSPS) is 10.5. The van der Waals surface area contributed by atoms with Crippen LogP contribution in [0.15, 0.2) is 27.4 Å². The Kier molecular flexibility index (Phi) is 2.91. The van der Waals surface area contributed by atoms with Gasteiger partial charge in [0.15, 0.2) is 0 Å². The van der Waals surface area contributed by atoms with Crippen molar-refractivity contribution in [2.24, 2.45) is 0 Å². The van der Waals surface area contributed by atoms with Crippen LogP contribution in [0.25, 0.3) is 10.9 Å². The lowest BCUT2D eigenvalue weighted by atomic mass is 10.1. The predicted octanol–water partition coefficient (Wildman–Crippen LogP) is 1.84. The maximum Gasteiger partial charge on any atom is 0.348 e. The molecule has 88 valence electrons. The molecule has 0 saturated heterocycles. The Bertz CT molecular complexity index is 631. The molecule has 0 radical (unpaired) electrons. The van der Waals surface area contributed by atoms with E-state index in [1.807, 2.05) is 13.0 Å². The fourth-order valence-corrected chi connectivity index (χ4v) is 1.50. The number of nitrogens with zero attached hydrogens (tertiary/aromatic N) is 1. The third-order valence-electron chi connectivity index (χ3n) is 2.43. The molecule has 0 unspecified atom stereocenters. The van der Waals surface area contributed by atoms with Gasteiger partial charge in [-0.1, -0.05) is 19.1 Å². The van der Waals surface area contributed by atoms with E-state index in [-0.39, 0.29) is 11.9 Å². The first kappa shape index (κ1) is 11.3. The lowest BCUT2D eigenvalue weighted by Gasteiger charge is -2.03. The van der Waals surface area contributed by atoms with Gasteiger partial charge in [-0.05, 0) is 18.6 Å². The summed E-state index contributed by atoms with van der Waals surface area (Å²) in [5.41, 5.74) is 0.919. The first-order valence-corrected chi connectivity index (χ1v) is 5.32. The van der Waals surface area contributed by atoms with E-state index in [4.69, 9.17) is 4.42 Å². The molecule has 1 amide bonds. The van der Waals surface area contributed by atoms with Gasteiger partial charge in [-0.3, -0.25) is 10.1 Å². The molecule has 1 heterocycles.